The minimum absolute atomic E-state index is 0.138. The van der Waals surface area contributed by atoms with Gasteiger partial charge >= 0.3 is 5.97 Å². The summed E-state index contributed by atoms with van der Waals surface area (Å²) >= 11 is 0. The van der Waals surface area contributed by atoms with E-state index >= 15 is 0 Å². The van der Waals surface area contributed by atoms with Gasteiger partial charge in [-0.2, -0.15) is 9.40 Å². The highest BCUT2D eigenvalue weighted by molar-refractivity contribution is 7.89. The zero-order valence-electron chi connectivity index (χ0n) is 12.6. The van der Waals surface area contributed by atoms with E-state index in [4.69, 9.17) is 4.74 Å². The van der Waals surface area contributed by atoms with Crippen molar-refractivity contribution in [3.8, 4) is 0 Å². The molecular formula is C12H21N3O5S. The summed E-state index contributed by atoms with van der Waals surface area (Å²) in [5.74, 6) is -1.32. The van der Waals surface area contributed by atoms with Gasteiger partial charge in [0, 0.05) is 25.4 Å². The van der Waals surface area contributed by atoms with Crippen molar-refractivity contribution in [1.29, 1.82) is 0 Å². The van der Waals surface area contributed by atoms with Gasteiger partial charge in [0.25, 0.3) is 10.0 Å². The Balaban J connectivity index is 3.32. The van der Waals surface area contributed by atoms with Gasteiger partial charge in [-0.1, -0.05) is 6.92 Å². The van der Waals surface area contributed by atoms with E-state index in [2.05, 4.69) is 10.2 Å². The normalized spacial score (nSPS) is 13.6. The lowest BCUT2D eigenvalue weighted by molar-refractivity contribution is 0.0691. The first-order valence-corrected chi connectivity index (χ1v) is 8.00. The average molecular weight is 319 g/mol. The summed E-state index contributed by atoms with van der Waals surface area (Å²) in [6.07, 6.45) is 0.592. The van der Waals surface area contributed by atoms with Crippen LogP contribution in [-0.4, -0.2) is 60.3 Å². The second-order valence-electron chi connectivity index (χ2n) is 4.70. The number of nitrogens with zero attached hydrogens (tertiary/aromatic N) is 2. The fourth-order valence-electron chi connectivity index (χ4n) is 1.92. The zero-order chi connectivity index (χ0) is 16.2. The Hall–Kier alpha value is -1.45. The molecule has 1 rings (SSSR count). The molecule has 21 heavy (non-hydrogen) atoms. The number of carbonyl (C=O) groups is 1. The van der Waals surface area contributed by atoms with E-state index in [0.29, 0.717) is 6.42 Å². The molecule has 1 unspecified atom stereocenters. The van der Waals surface area contributed by atoms with Crippen molar-refractivity contribution in [2.45, 2.75) is 38.3 Å². The van der Waals surface area contributed by atoms with Gasteiger partial charge < -0.3 is 9.84 Å². The first-order valence-electron chi connectivity index (χ1n) is 6.56. The average Bonchev–Trinajstić information content (AvgIpc) is 2.81. The van der Waals surface area contributed by atoms with Crippen LogP contribution >= 0.6 is 0 Å². The topological polar surface area (TPSA) is 113 Å². The van der Waals surface area contributed by atoms with Crippen molar-refractivity contribution in [3.63, 3.8) is 0 Å². The lowest BCUT2D eigenvalue weighted by Gasteiger charge is -2.26. The monoisotopic (exact) mass is 319 g/mol. The van der Waals surface area contributed by atoms with E-state index in [1.807, 2.05) is 6.92 Å². The maximum Gasteiger partial charge on any atom is 0.340 e. The molecular weight excluding hydrogens is 298 g/mol. The van der Waals surface area contributed by atoms with Gasteiger partial charge in [0.15, 0.2) is 0 Å². The van der Waals surface area contributed by atoms with Crippen LogP contribution < -0.4 is 0 Å². The molecule has 0 fully saturated rings. The van der Waals surface area contributed by atoms with Gasteiger partial charge in [0.2, 0.25) is 5.03 Å². The number of sulfonamides is 1. The fourth-order valence-corrected chi connectivity index (χ4v) is 3.74. The van der Waals surface area contributed by atoms with Gasteiger partial charge in [0.05, 0.1) is 6.61 Å². The van der Waals surface area contributed by atoms with Crippen LogP contribution in [0.25, 0.3) is 0 Å². The fraction of sp³-hybridized carbons (Fsp3) is 0.667. The summed E-state index contributed by atoms with van der Waals surface area (Å²) in [5.41, 5.74) is -0.113. The summed E-state index contributed by atoms with van der Waals surface area (Å²) in [4.78, 5) is 11.3. The molecule has 1 atom stereocenters. The van der Waals surface area contributed by atoms with Crippen molar-refractivity contribution in [2.24, 2.45) is 0 Å². The predicted octanol–water partition coefficient (Wildman–Crippen LogP) is 0.852. The minimum Gasteiger partial charge on any atom is -0.478 e. The molecule has 0 saturated carbocycles. The standard InChI is InChI=1S/C12H21N3O5S/c1-5-8(2)15(6-7-20-4)21(18,19)11-10(12(16)17)9(3)13-14-11/h8H,5-7H2,1-4H3,(H,13,14)(H,16,17). The van der Waals surface area contributed by atoms with Crippen LogP contribution in [0.3, 0.4) is 0 Å². The molecule has 1 aromatic heterocycles. The third-order valence-electron chi connectivity index (χ3n) is 3.28. The van der Waals surface area contributed by atoms with Crippen LogP contribution in [0.15, 0.2) is 5.03 Å². The Bertz CT molecular complexity index is 596. The molecule has 0 aliphatic carbocycles. The number of methoxy groups -OCH3 is 1. The van der Waals surface area contributed by atoms with E-state index in [-0.39, 0.29) is 30.5 Å². The Labute approximate surface area is 124 Å². The summed E-state index contributed by atoms with van der Waals surface area (Å²) < 4.78 is 31.6. The maximum absolute atomic E-state index is 12.7. The summed E-state index contributed by atoms with van der Waals surface area (Å²) in [7, 11) is -2.53. The number of aromatic nitrogens is 2. The van der Waals surface area contributed by atoms with Crippen LogP contribution in [0.2, 0.25) is 0 Å². The Kier molecular flexibility index (Phi) is 5.87. The number of H-pyrrole nitrogens is 1. The third kappa shape index (κ3) is 3.60. The smallest absolute Gasteiger partial charge is 0.340 e. The number of carboxylic acid groups (broad SMARTS) is 1. The highest BCUT2D eigenvalue weighted by Gasteiger charge is 2.35. The molecule has 0 aliphatic rings. The lowest BCUT2D eigenvalue weighted by Crippen LogP contribution is -2.41. The van der Waals surface area contributed by atoms with Crippen LogP contribution in [0.4, 0.5) is 0 Å². The first kappa shape index (κ1) is 17.6. The Morgan fingerprint density at radius 3 is 2.62 bits per heavy atom. The summed E-state index contributed by atoms with van der Waals surface area (Å²) in [6, 6.07) is -0.288. The lowest BCUT2D eigenvalue weighted by atomic mass is 10.3. The predicted molar refractivity (Wildman–Crippen MR) is 75.8 cm³/mol. The molecule has 0 amide bonds. The number of nitrogens with one attached hydrogen (secondary N) is 1. The molecule has 8 nitrogen and oxygen atoms in total. The highest BCUT2D eigenvalue weighted by Crippen LogP contribution is 2.23. The first-order chi connectivity index (χ1) is 9.77. The number of aromatic amines is 1. The largest absolute Gasteiger partial charge is 0.478 e. The van der Waals surface area contributed by atoms with Gasteiger partial charge in [-0.25, -0.2) is 13.2 Å². The summed E-state index contributed by atoms with van der Waals surface area (Å²) in [5, 5.41) is 14.8. The molecule has 9 heteroatoms. The Morgan fingerprint density at radius 2 is 2.14 bits per heavy atom. The third-order valence-corrected chi connectivity index (χ3v) is 5.22. The molecule has 0 saturated heterocycles. The van der Waals surface area contributed by atoms with Crippen LogP contribution in [0.5, 0.6) is 0 Å². The Morgan fingerprint density at radius 1 is 1.52 bits per heavy atom. The van der Waals surface area contributed by atoms with Crippen LogP contribution in [-0.2, 0) is 14.8 Å². The van der Waals surface area contributed by atoms with Crippen molar-refractivity contribution in [3.05, 3.63) is 11.3 Å². The SMILES string of the molecule is CCC(C)N(CCOC)S(=O)(=O)c1n[nH]c(C)c1C(=O)O. The number of hydrogen-bond acceptors (Lipinski definition) is 5. The second kappa shape index (κ2) is 7.01. The molecule has 1 aromatic rings. The molecule has 0 bridgehead atoms. The number of aryl methyl sites for hydroxylation is 1. The van der Waals surface area contributed by atoms with Crippen LogP contribution in [0, 0.1) is 6.92 Å². The van der Waals surface area contributed by atoms with Crippen LogP contribution in [0.1, 0.15) is 36.3 Å². The van der Waals surface area contributed by atoms with Gasteiger partial charge in [-0.15, -0.1) is 0 Å². The summed E-state index contributed by atoms with van der Waals surface area (Å²) in [6.45, 7) is 5.44. The van der Waals surface area contributed by atoms with Crippen molar-refractivity contribution >= 4 is 16.0 Å². The van der Waals surface area contributed by atoms with Crippen molar-refractivity contribution in [2.75, 3.05) is 20.3 Å². The van der Waals surface area contributed by atoms with E-state index in [1.54, 1.807) is 6.92 Å². The molecule has 0 radical (unpaired) electrons. The molecule has 2 N–H and O–H groups in total. The minimum atomic E-state index is -4.01. The number of rotatable bonds is 8. The van der Waals surface area contributed by atoms with Crippen molar-refractivity contribution < 1.29 is 23.1 Å². The number of hydrogen-bond donors (Lipinski definition) is 2. The number of ether oxygens (including phenoxy) is 1. The second-order valence-corrected chi connectivity index (χ2v) is 6.51. The van der Waals surface area contributed by atoms with E-state index in [0.717, 1.165) is 0 Å². The number of aromatic carboxylic acids is 1. The molecule has 0 aliphatic heterocycles. The molecule has 0 aromatic carbocycles. The zero-order valence-corrected chi connectivity index (χ0v) is 13.4. The van der Waals surface area contributed by atoms with Crippen molar-refractivity contribution in [1.82, 2.24) is 14.5 Å². The van der Waals surface area contributed by atoms with E-state index in [9.17, 15) is 18.3 Å². The van der Waals surface area contributed by atoms with E-state index in [1.165, 1.54) is 18.3 Å². The molecule has 1 heterocycles. The van der Waals surface area contributed by atoms with Gasteiger partial charge in [-0.05, 0) is 20.3 Å². The quantitative estimate of drug-likeness (QED) is 0.734. The van der Waals surface area contributed by atoms with E-state index < -0.39 is 21.0 Å². The van der Waals surface area contributed by atoms with Gasteiger partial charge in [-0.3, -0.25) is 5.10 Å². The maximum atomic E-state index is 12.7. The molecule has 120 valence electrons. The number of carboxylic acids is 1. The highest BCUT2D eigenvalue weighted by atomic mass is 32.2. The molecule has 0 spiro atoms. The van der Waals surface area contributed by atoms with Gasteiger partial charge in [0.1, 0.15) is 5.56 Å².